The minimum absolute atomic E-state index is 0.0426. The Morgan fingerprint density at radius 2 is 2.11 bits per heavy atom. The van der Waals surface area contributed by atoms with Crippen molar-refractivity contribution in [2.45, 2.75) is 24.5 Å². The zero-order valence-electron chi connectivity index (χ0n) is 9.59. The summed E-state index contributed by atoms with van der Waals surface area (Å²) in [7, 11) is 0. The lowest BCUT2D eigenvalue weighted by atomic mass is 10.1. The maximum atomic E-state index is 9.94. The zero-order valence-corrected chi connectivity index (χ0v) is 10.3. The molecule has 1 fully saturated rings. The van der Waals surface area contributed by atoms with Crippen molar-refractivity contribution in [2.75, 3.05) is 6.61 Å². The molecule has 3 rings (SSSR count). The molecule has 19 heavy (non-hydrogen) atoms. The van der Waals surface area contributed by atoms with Crippen LogP contribution in [0.5, 0.6) is 0 Å². The summed E-state index contributed by atoms with van der Waals surface area (Å²) in [6.45, 7) is -0.399. The van der Waals surface area contributed by atoms with Gasteiger partial charge in [0.1, 0.15) is 18.3 Å². The normalized spacial score (nSPS) is 31.2. The second-order valence-electron chi connectivity index (χ2n) is 4.24. The van der Waals surface area contributed by atoms with Crippen LogP contribution in [0.2, 0.25) is 5.28 Å². The molecule has 9 heteroatoms. The zero-order chi connectivity index (χ0) is 13.6. The molecule has 3 heterocycles. The summed E-state index contributed by atoms with van der Waals surface area (Å²) in [5, 5.41) is 33.4. The van der Waals surface area contributed by atoms with E-state index >= 15 is 0 Å². The molecule has 1 aliphatic rings. The van der Waals surface area contributed by atoms with Gasteiger partial charge >= 0.3 is 0 Å². The average Bonchev–Trinajstić information content (AvgIpc) is 2.92. The van der Waals surface area contributed by atoms with Gasteiger partial charge in [-0.2, -0.15) is 10.1 Å². The Balaban J connectivity index is 2.03. The Kier molecular flexibility index (Phi) is 3.11. The van der Waals surface area contributed by atoms with Gasteiger partial charge < -0.3 is 20.1 Å². The van der Waals surface area contributed by atoms with Gasteiger partial charge in [-0.15, -0.1) is 0 Å². The van der Waals surface area contributed by atoms with E-state index < -0.39 is 31.1 Å². The van der Waals surface area contributed by atoms with E-state index in [0.717, 1.165) is 0 Å². The van der Waals surface area contributed by atoms with Gasteiger partial charge in [0.25, 0.3) is 0 Å². The van der Waals surface area contributed by atoms with Crippen molar-refractivity contribution >= 4 is 22.6 Å². The van der Waals surface area contributed by atoms with Gasteiger partial charge in [0.05, 0.1) is 18.2 Å². The van der Waals surface area contributed by atoms with Gasteiger partial charge in [-0.05, 0) is 11.6 Å². The number of aliphatic hydroxyl groups is 3. The molecule has 0 bridgehead atoms. The second-order valence-corrected chi connectivity index (χ2v) is 4.57. The first-order valence-electron chi connectivity index (χ1n) is 5.60. The molecule has 0 amide bonds. The van der Waals surface area contributed by atoms with E-state index in [0.29, 0.717) is 11.0 Å². The van der Waals surface area contributed by atoms with E-state index in [1.807, 2.05) is 0 Å². The third-order valence-corrected chi connectivity index (χ3v) is 3.25. The standard InChI is InChI=1S/C10H11ClN4O4/c11-10-12-1-4-2-13-15(8(4)14-10)9-7(18)6(17)5(3-16)19-9/h1-2,5-7,9,16-18H,3H2/t5-,6-,7-,9-/m1/s1. The van der Waals surface area contributed by atoms with Crippen LogP contribution in [0.15, 0.2) is 12.4 Å². The largest absolute Gasteiger partial charge is 0.394 e. The molecule has 4 atom stereocenters. The summed E-state index contributed by atoms with van der Waals surface area (Å²) in [4.78, 5) is 7.83. The molecule has 2 aromatic heterocycles. The molecular formula is C10H11ClN4O4. The first kappa shape index (κ1) is 12.7. The number of ether oxygens (including phenoxy) is 1. The number of fused-ring (bicyclic) bond motifs is 1. The molecule has 0 unspecified atom stereocenters. The van der Waals surface area contributed by atoms with Crippen molar-refractivity contribution in [1.29, 1.82) is 0 Å². The predicted molar refractivity (Wildman–Crippen MR) is 63.3 cm³/mol. The van der Waals surface area contributed by atoms with E-state index in [9.17, 15) is 10.2 Å². The Hall–Kier alpha value is -1.32. The van der Waals surface area contributed by atoms with Gasteiger partial charge in [0.15, 0.2) is 11.9 Å². The van der Waals surface area contributed by atoms with Gasteiger partial charge in [-0.25, -0.2) is 9.67 Å². The Labute approximate surface area is 112 Å². The lowest BCUT2D eigenvalue weighted by Crippen LogP contribution is -2.33. The molecule has 3 N–H and O–H groups in total. The highest BCUT2D eigenvalue weighted by Gasteiger charge is 2.44. The fourth-order valence-corrected chi connectivity index (χ4v) is 2.21. The molecule has 2 aromatic rings. The number of halogens is 1. The fourth-order valence-electron chi connectivity index (χ4n) is 2.08. The van der Waals surface area contributed by atoms with Crippen molar-refractivity contribution in [3.63, 3.8) is 0 Å². The van der Waals surface area contributed by atoms with E-state index in [1.165, 1.54) is 17.1 Å². The first-order valence-corrected chi connectivity index (χ1v) is 5.98. The third kappa shape index (κ3) is 1.97. The van der Waals surface area contributed by atoms with Crippen LogP contribution in [0.3, 0.4) is 0 Å². The minimum Gasteiger partial charge on any atom is -0.394 e. The van der Waals surface area contributed by atoms with Crippen molar-refractivity contribution < 1.29 is 20.1 Å². The SMILES string of the molecule is OC[C@H]1O[C@@H](n2ncc3cnc(Cl)nc32)[C@H](O)[C@@H]1O. The Bertz CT molecular complexity index is 606. The van der Waals surface area contributed by atoms with E-state index in [2.05, 4.69) is 15.1 Å². The van der Waals surface area contributed by atoms with Crippen molar-refractivity contribution in [3.8, 4) is 0 Å². The van der Waals surface area contributed by atoms with Crippen LogP contribution in [-0.4, -0.2) is 60.0 Å². The number of aromatic nitrogens is 4. The van der Waals surface area contributed by atoms with Crippen LogP contribution >= 0.6 is 11.6 Å². The van der Waals surface area contributed by atoms with Gasteiger partial charge in [0.2, 0.25) is 5.28 Å². The summed E-state index contributed by atoms with van der Waals surface area (Å²) in [5.74, 6) is 0. The molecule has 102 valence electrons. The Morgan fingerprint density at radius 3 is 2.79 bits per heavy atom. The highest BCUT2D eigenvalue weighted by molar-refractivity contribution is 6.28. The number of nitrogens with zero attached hydrogens (tertiary/aromatic N) is 4. The molecule has 0 radical (unpaired) electrons. The highest BCUT2D eigenvalue weighted by Crippen LogP contribution is 2.30. The summed E-state index contributed by atoms with van der Waals surface area (Å²) < 4.78 is 6.69. The van der Waals surface area contributed by atoms with Gasteiger partial charge in [-0.1, -0.05) is 0 Å². The molecule has 1 saturated heterocycles. The molecule has 0 spiro atoms. The number of hydrogen-bond acceptors (Lipinski definition) is 7. The average molecular weight is 287 g/mol. The van der Waals surface area contributed by atoms with Crippen LogP contribution in [0.4, 0.5) is 0 Å². The fraction of sp³-hybridized carbons (Fsp3) is 0.500. The summed E-state index contributed by atoms with van der Waals surface area (Å²) in [5.41, 5.74) is 0.384. The lowest BCUT2D eigenvalue weighted by Gasteiger charge is -2.15. The van der Waals surface area contributed by atoms with Crippen LogP contribution in [-0.2, 0) is 4.74 Å². The number of rotatable bonds is 2. The third-order valence-electron chi connectivity index (χ3n) is 3.06. The molecule has 0 aliphatic carbocycles. The lowest BCUT2D eigenvalue weighted by molar-refractivity contribution is -0.0566. The second kappa shape index (κ2) is 4.66. The number of aliphatic hydroxyl groups excluding tert-OH is 3. The first-order chi connectivity index (χ1) is 9.11. The van der Waals surface area contributed by atoms with E-state index in [-0.39, 0.29) is 5.28 Å². The quantitative estimate of drug-likeness (QED) is 0.613. The van der Waals surface area contributed by atoms with Crippen molar-refractivity contribution in [3.05, 3.63) is 17.7 Å². The smallest absolute Gasteiger partial charge is 0.224 e. The van der Waals surface area contributed by atoms with Crippen molar-refractivity contribution in [1.82, 2.24) is 19.7 Å². The van der Waals surface area contributed by atoms with Crippen LogP contribution in [0.1, 0.15) is 6.23 Å². The van der Waals surface area contributed by atoms with E-state index in [4.69, 9.17) is 21.4 Å². The molecule has 8 nitrogen and oxygen atoms in total. The van der Waals surface area contributed by atoms with Crippen molar-refractivity contribution in [2.24, 2.45) is 0 Å². The maximum absolute atomic E-state index is 9.94. The molecule has 0 saturated carbocycles. The summed E-state index contributed by atoms with van der Waals surface area (Å²) in [6.07, 6.45) is -1.21. The molecular weight excluding hydrogens is 276 g/mol. The van der Waals surface area contributed by atoms with E-state index in [1.54, 1.807) is 0 Å². The summed E-state index contributed by atoms with van der Waals surface area (Å²) in [6, 6.07) is 0. The monoisotopic (exact) mass is 286 g/mol. The van der Waals surface area contributed by atoms with Crippen LogP contribution in [0, 0.1) is 0 Å². The molecule has 1 aliphatic heterocycles. The van der Waals surface area contributed by atoms with Crippen LogP contribution < -0.4 is 0 Å². The number of hydrogen-bond donors (Lipinski definition) is 3. The molecule has 0 aromatic carbocycles. The van der Waals surface area contributed by atoms with Gasteiger partial charge in [0, 0.05) is 6.20 Å². The summed E-state index contributed by atoms with van der Waals surface area (Å²) >= 11 is 5.72. The minimum atomic E-state index is -1.21. The predicted octanol–water partition coefficient (Wildman–Crippen LogP) is -0.909. The van der Waals surface area contributed by atoms with Gasteiger partial charge in [-0.3, -0.25) is 0 Å². The topological polar surface area (TPSA) is 114 Å². The Morgan fingerprint density at radius 1 is 1.32 bits per heavy atom. The highest BCUT2D eigenvalue weighted by atomic mass is 35.5. The van der Waals surface area contributed by atoms with Crippen LogP contribution in [0.25, 0.3) is 11.0 Å². The maximum Gasteiger partial charge on any atom is 0.224 e.